The quantitative estimate of drug-likeness (QED) is 0.720. The highest BCUT2D eigenvalue weighted by molar-refractivity contribution is 6.34. The molecule has 148 valence electrons. The molecule has 0 aromatic heterocycles. The van der Waals surface area contributed by atoms with Crippen molar-refractivity contribution in [2.45, 2.75) is 31.5 Å². The average Bonchev–Trinajstić information content (AvgIpc) is 3.07. The second kappa shape index (κ2) is 7.29. The van der Waals surface area contributed by atoms with Crippen LogP contribution in [0.15, 0.2) is 41.6 Å². The molecule has 0 bridgehead atoms. The molecule has 9 heteroatoms. The van der Waals surface area contributed by atoms with E-state index in [9.17, 15) is 18.0 Å². The van der Waals surface area contributed by atoms with Gasteiger partial charge in [0.1, 0.15) is 0 Å². The molecule has 1 atom stereocenters. The minimum Gasteiger partial charge on any atom is -0.374 e. The maximum atomic E-state index is 14.0. The van der Waals surface area contributed by atoms with Gasteiger partial charge >= 0.3 is 6.18 Å². The Morgan fingerprint density at radius 3 is 2.39 bits per heavy atom. The lowest BCUT2D eigenvalue weighted by Gasteiger charge is -2.29. The predicted molar refractivity (Wildman–Crippen MR) is 101 cm³/mol. The first kappa shape index (κ1) is 20.5. The normalized spacial score (nSPS) is 19.3. The first-order chi connectivity index (χ1) is 13.1. The van der Waals surface area contributed by atoms with Gasteiger partial charge in [0.05, 0.1) is 5.71 Å². The zero-order valence-electron chi connectivity index (χ0n) is 14.6. The number of carbonyl (C=O) groups excluding carboxylic acids is 1. The van der Waals surface area contributed by atoms with Crippen molar-refractivity contribution in [1.82, 2.24) is 0 Å². The van der Waals surface area contributed by atoms with E-state index < -0.39 is 24.1 Å². The molecule has 0 saturated heterocycles. The van der Waals surface area contributed by atoms with Crippen LogP contribution in [0, 0.1) is 0 Å². The lowest BCUT2D eigenvalue weighted by Crippen LogP contribution is -2.42. The Morgan fingerprint density at radius 2 is 1.86 bits per heavy atom. The Balaban J connectivity index is 2.03. The smallest absolute Gasteiger partial charge is 0.374 e. The van der Waals surface area contributed by atoms with Crippen molar-refractivity contribution in [2.24, 2.45) is 10.9 Å². The van der Waals surface area contributed by atoms with Gasteiger partial charge in [-0.05, 0) is 47.9 Å². The fourth-order valence-electron chi connectivity index (χ4n) is 3.15. The van der Waals surface area contributed by atoms with Crippen LogP contribution >= 0.6 is 23.2 Å². The molecule has 3 rings (SSSR count). The van der Waals surface area contributed by atoms with E-state index in [2.05, 4.69) is 5.16 Å². The molecule has 1 unspecified atom stereocenters. The highest BCUT2D eigenvalue weighted by atomic mass is 35.5. The van der Waals surface area contributed by atoms with Gasteiger partial charge < -0.3 is 10.6 Å². The third kappa shape index (κ3) is 3.56. The number of aryl methyl sites for hydroxylation is 1. The largest absolute Gasteiger partial charge is 0.435 e. The van der Waals surface area contributed by atoms with E-state index in [-0.39, 0.29) is 21.3 Å². The van der Waals surface area contributed by atoms with E-state index in [1.165, 1.54) is 18.2 Å². The van der Waals surface area contributed by atoms with Crippen molar-refractivity contribution < 1.29 is 22.8 Å². The van der Waals surface area contributed by atoms with Gasteiger partial charge in [-0.25, -0.2) is 0 Å². The second-order valence-corrected chi connectivity index (χ2v) is 7.25. The van der Waals surface area contributed by atoms with Gasteiger partial charge in [-0.2, -0.15) is 13.2 Å². The van der Waals surface area contributed by atoms with E-state index in [1.54, 1.807) is 6.07 Å². The summed E-state index contributed by atoms with van der Waals surface area (Å²) in [5.74, 6) is -0.605. The SMILES string of the molecule is CCc1cc(C2=NOC(c3cc(Cl)cc(Cl)c3)(C(F)(F)F)C2)ccc1C(N)=O. The van der Waals surface area contributed by atoms with Crippen LogP contribution in [-0.2, 0) is 16.9 Å². The first-order valence-corrected chi connectivity index (χ1v) is 9.04. The molecule has 1 heterocycles. The van der Waals surface area contributed by atoms with E-state index in [4.69, 9.17) is 33.8 Å². The lowest BCUT2D eigenvalue weighted by molar-refractivity contribution is -0.275. The minimum atomic E-state index is -4.77. The summed E-state index contributed by atoms with van der Waals surface area (Å²) < 4.78 is 42.1. The number of primary amides is 1. The molecule has 0 spiro atoms. The van der Waals surface area contributed by atoms with Crippen molar-refractivity contribution in [3.8, 4) is 0 Å². The van der Waals surface area contributed by atoms with Crippen LogP contribution in [-0.4, -0.2) is 17.8 Å². The topological polar surface area (TPSA) is 64.7 Å². The number of amides is 1. The molecule has 1 aliphatic heterocycles. The van der Waals surface area contributed by atoms with Crippen LogP contribution in [0.5, 0.6) is 0 Å². The van der Waals surface area contributed by atoms with Crippen molar-refractivity contribution in [2.75, 3.05) is 0 Å². The van der Waals surface area contributed by atoms with Crippen molar-refractivity contribution >= 4 is 34.8 Å². The molecule has 2 N–H and O–H groups in total. The minimum absolute atomic E-state index is 0.0576. The number of carbonyl (C=O) groups is 1. The molecule has 4 nitrogen and oxygen atoms in total. The molecule has 1 amide bonds. The molecule has 28 heavy (non-hydrogen) atoms. The number of benzene rings is 2. The number of nitrogens with zero attached hydrogens (tertiary/aromatic N) is 1. The van der Waals surface area contributed by atoms with Crippen LogP contribution in [0.1, 0.15) is 40.4 Å². The van der Waals surface area contributed by atoms with Gasteiger partial charge in [0.2, 0.25) is 5.91 Å². The predicted octanol–water partition coefficient (Wildman–Crippen LogP) is 5.24. The Bertz CT molecular complexity index is 956. The van der Waals surface area contributed by atoms with Gasteiger partial charge in [-0.15, -0.1) is 0 Å². The monoisotopic (exact) mass is 430 g/mol. The summed E-state index contributed by atoms with van der Waals surface area (Å²) in [6.45, 7) is 1.81. The summed E-state index contributed by atoms with van der Waals surface area (Å²) in [4.78, 5) is 16.5. The number of oxime groups is 1. The summed E-state index contributed by atoms with van der Waals surface area (Å²) in [7, 11) is 0. The zero-order valence-corrected chi connectivity index (χ0v) is 16.1. The Hall–Kier alpha value is -2.25. The lowest BCUT2D eigenvalue weighted by atomic mass is 9.86. The second-order valence-electron chi connectivity index (χ2n) is 6.38. The van der Waals surface area contributed by atoms with Gasteiger partial charge in [0.15, 0.2) is 0 Å². The van der Waals surface area contributed by atoms with Crippen LogP contribution in [0.4, 0.5) is 13.2 Å². The van der Waals surface area contributed by atoms with Crippen LogP contribution in [0.25, 0.3) is 0 Å². The standard InChI is InChI=1S/C19H15Cl2F3N2O2/c1-2-10-5-11(3-4-15(10)17(25)27)16-9-18(28-26-16,19(22,23)24)12-6-13(20)8-14(21)7-12/h3-8H,2,9H2,1H3,(H2,25,27). The maximum Gasteiger partial charge on any atom is 0.435 e. The maximum absolute atomic E-state index is 14.0. The zero-order chi connectivity index (χ0) is 20.7. The molecule has 2 aromatic rings. The molecule has 0 radical (unpaired) electrons. The van der Waals surface area contributed by atoms with Crippen molar-refractivity contribution in [3.05, 3.63) is 68.7 Å². The van der Waals surface area contributed by atoms with E-state index >= 15 is 0 Å². The molecule has 0 fully saturated rings. The average molecular weight is 431 g/mol. The summed E-state index contributed by atoms with van der Waals surface area (Å²) in [5.41, 5.74) is 3.83. The highest BCUT2D eigenvalue weighted by Gasteiger charge is 2.62. The third-order valence-electron chi connectivity index (χ3n) is 4.60. The molecule has 2 aromatic carbocycles. The Kier molecular flexibility index (Phi) is 5.34. The first-order valence-electron chi connectivity index (χ1n) is 8.29. The fourth-order valence-corrected chi connectivity index (χ4v) is 3.68. The number of hydrogen-bond acceptors (Lipinski definition) is 3. The summed E-state index contributed by atoms with van der Waals surface area (Å²) in [5, 5.41) is 3.82. The molecular formula is C19H15Cl2F3N2O2. The summed E-state index contributed by atoms with van der Waals surface area (Å²) in [6.07, 6.45) is -4.85. The van der Waals surface area contributed by atoms with E-state index in [1.807, 2.05) is 6.92 Å². The van der Waals surface area contributed by atoms with Crippen LogP contribution in [0.3, 0.4) is 0 Å². The third-order valence-corrected chi connectivity index (χ3v) is 5.04. The van der Waals surface area contributed by atoms with E-state index in [0.29, 0.717) is 23.1 Å². The summed E-state index contributed by atoms with van der Waals surface area (Å²) in [6, 6.07) is 8.23. The Labute approximate surface area is 169 Å². The number of hydrogen-bond donors (Lipinski definition) is 1. The van der Waals surface area contributed by atoms with Crippen molar-refractivity contribution in [3.63, 3.8) is 0 Å². The fraction of sp³-hybridized carbons (Fsp3) is 0.263. The van der Waals surface area contributed by atoms with Crippen LogP contribution in [0.2, 0.25) is 10.0 Å². The molecule has 1 aliphatic rings. The number of rotatable bonds is 4. The molecular weight excluding hydrogens is 416 g/mol. The van der Waals surface area contributed by atoms with Crippen LogP contribution < -0.4 is 5.73 Å². The summed E-state index contributed by atoms with van der Waals surface area (Å²) >= 11 is 11.8. The van der Waals surface area contributed by atoms with Gasteiger partial charge in [0, 0.05) is 27.6 Å². The van der Waals surface area contributed by atoms with Gasteiger partial charge in [-0.1, -0.05) is 41.3 Å². The number of alkyl halides is 3. The van der Waals surface area contributed by atoms with Gasteiger partial charge in [0.25, 0.3) is 5.60 Å². The Morgan fingerprint density at radius 1 is 1.21 bits per heavy atom. The highest BCUT2D eigenvalue weighted by Crippen LogP contribution is 2.49. The van der Waals surface area contributed by atoms with Crippen molar-refractivity contribution in [1.29, 1.82) is 0 Å². The van der Waals surface area contributed by atoms with Gasteiger partial charge in [-0.3, -0.25) is 4.79 Å². The molecule has 0 aliphatic carbocycles. The number of nitrogens with two attached hydrogens (primary N) is 1. The number of halogens is 5. The molecule has 0 saturated carbocycles. The van der Waals surface area contributed by atoms with E-state index in [0.717, 1.165) is 12.1 Å².